The summed E-state index contributed by atoms with van der Waals surface area (Å²) in [6, 6.07) is 20.0. The molecule has 0 saturated heterocycles. The van der Waals surface area contributed by atoms with E-state index in [2.05, 4.69) is 61.1 Å². The highest BCUT2D eigenvalue weighted by molar-refractivity contribution is 9.10. The lowest BCUT2D eigenvalue weighted by molar-refractivity contribution is 0.0953. The third-order valence-corrected chi connectivity index (χ3v) is 5.32. The molecule has 2 aromatic heterocycles. The minimum Gasteiger partial charge on any atom is -0.352 e. The number of amides is 1. The third-order valence-electron chi connectivity index (χ3n) is 4.79. The Morgan fingerprint density at radius 3 is 2.55 bits per heavy atom. The second-order valence-corrected chi connectivity index (χ2v) is 7.74. The van der Waals surface area contributed by atoms with Crippen molar-refractivity contribution in [2.24, 2.45) is 0 Å². The minimum absolute atomic E-state index is 0.0734. The van der Waals surface area contributed by atoms with Gasteiger partial charge in [-0.3, -0.25) is 9.78 Å². The Balaban J connectivity index is 1.45. The van der Waals surface area contributed by atoms with Crippen LogP contribution >= 0.6 is 15.9 Å². The molecule has 5 nitrogen and oxygen atoms in total. The maximum atomic E-state index is 12.2. The molecule has 0 spiro atoms. The van der Waals surface area contributed by atoms with Crippen molar-refractivity contribution in [1.29, 1.82) is 0 Å². The monoisotopic (exact) mass is 448 g/mol. The zero-order chi connectivity index (χ0) is 20.1. The first kappa shape index (κ1) is 19.3. The molecule has 6 heteroatoms. The molecule has 146 valence electrons. The number of hydrogen-bond donors (Lipinski definition) is 1. The van der Waals surface area contributed by atoms with Crippen molar-refractivity contribution in [1.82, 2.24) is 19.9 Å². The SMILES string of the molecule is O=C(NCCCc1nc2ccccc2n1Cc1ccc(Br)cc1)c1ccncc1. The van der Waals surface area contributed by atoms with Crippen LogP contribution < -0.4 is 5.32 Å². The van der Waals surface area contributed by atoms with Crippen LogP contribution in [0.1, 0.15) is 28.2 Å². The molecule has 1 N–H and O–H groups in total. The molecule has 0 radical (unpaired) electrons. The van der Waals surface area contributed by atoms with Gasteiger partial charge in [-0.05, 0) is 48.4 Å². The highest BCUT2D eigenvalue weighted by Gasteiger charge is 2.11. The summed E-state index contributed by atoms with van der Waals surface area (Å²) < 4.78 is 3.34. The molecule has 4 rings (SSSR count). The van der Waals surface area contributed by atoms with E-state index < -0.39 is 0 Å². The fraction of sp³-hybridized carbons (Fsp3) is 0.174. The summed E-state index contributed by atoms with van der Waals surface area (Å²) in [5, 5.41) is 2.97. The molecule has 0 fully saturated rings. The largest absolute Gasteiger partial charge is 0.352 e. The Morgan fingerprint density at radius 1 is 1.00 bits per heavy atom. The molecular weight excluding hydrogens is 428 g/mol. The van der Waals surface area contributed by atoms with Crippen molar-refractivity contribution in [2.45, 2.75) is 19.4 Å². The molecule has 0 unspecified atom stereocenters. The second-order valence-electron chi connectivity index (χ2n) is 6.82. The Kier molecular flexibility index (Phi) is 6.00. The molecule has 29 heavy (non-hydrogen) atoms. The number of halogens is 1. The van der Waals surface area contributed by atoms with E-state index in [9.17, 15) is 4.79 Å². The molecule has 1 amide bonds. The van der Waals surface area contributed by atoms with E-state index in [0.29, 0.717) is 12.1 Å². The summed E-state index contributed by atoms with van der Waals surface area (Å²) in [6.07, 6.45) is 4.86. The number of imidazole rings is 1. The number of hydrogen-bond acceptors (Lipinski definition) is 3. The van der Waals surface area contributed by atoms with Gasteiger partial charge in [0.1, 0.15) is 5.82 Å². The molecule has 0 bridgehead atoms. The van der Waals surface area contributed by atoms with Crippen molar-refractivity contribution in [3.8, 4) is 0 Å². The van der Waals surface area contributed by atoms with Crippen LogP contribution in [0.5, 0.6) is 0 Å². The van der Waals surface area contributed by atoms with E-state index in [0.717, 1.165) is 40.7 Å². The third kappa shape index (κ3) is 4.71. The van der Waals surface area contributed by atoms with Crippen LogP contribution in [0.2, 0.25) is 0 Å². The first-order valence-corrected chi connectivity index (χ1v) is 10.4. The van der Waals surface area contributed by atoms with E-state index >= 15 is 0 Å². The quantitative estimate of drug-likeness (QED) is 0.420. The van der Waals surface area contributed by atoms with Crippen LogP contribution in [0.15, 0.2) is 77.5 Å². The number of rotatable bonds is 7. The average molecular weight is 449 g/mol. The lowest BCUT2D eigenvalue weighted by Crippen LogP contribution is -2.25. The van der Waals surface area contributed by atoms with E-state index in [1.54, 1.807) is 24.5 Å². The number of nitrogens with one attached hydrogen (secondary N) is 1. The maximum Gasteiger partial charge on any atom is 0.251 e. The lowest BCUT2D eigenvalue weighted by Gasteiger charge is -2.10. The van der Waals surface area contributed by atoms with Gasteiger partial charge in [-0.1, -0.05) is 40.2 Å². The van der Waals surface area contributed by atoms with E-state index in [-0.39, 0.29) is 5.91 Å². The van der Waals surface area contributed by atoms with Crippen molar-refractivity contribution < 1.29 is 4.79 Å². The van der Waals surface area contributed by atoms with Gasteiger partial charge in [0.25, 0.3) is 5.91 Å². The number of para-hydroxylation sites is 2. The van der Waals surface area contributed by atoms with Gasteiger partial charge in [0.15, 0.2) is 0 Å². The Hall–Kier alpha value is -2.99. The van der Waals surface area contributed by atoms with E-state index in [1.165, 1.54) is 5.56 Å². The molecule has 2 heterocycles. The highest BCUT2D eigenvalue weighted by atomic mass is 79.9. The highest BCUT2D eigenvalue weighted by Crippen LogP contribution is 2.20. The first-order chi connectivity index (χ1) is 14.2. The smallest absolute Gasteiger partial charge is 0.251 e. The van der Waals surface area contributed by atoms with Gasteiger partial charge >= 0.3 is 0 Å². The van der Waals surface area contributed by atoms with Crippen molar-refractivity contribution in [3.05, 3.63) is 94.5 Å². The van der Waals surface area contributed by atoms with Crippen LogP contribution in [0.3, 0.4) is 0 Å². The standard InChI is InChI=1S/C23H21BrN4O/c24-19-9-7-17(8-10-19)16-28-21-5-2-1-4-20(21)27-22(28)6-3-13-26-23(29)18-11-14-25-15-12-18/h1-2,4-5,7-12,14-15H,3,6,13,16H2,(H,26,29). The zero-order valence-electron chi connectivity index (χ0n) is 15.9. The van der Waals surface area contributed by atoms with Crippen LogP contribution in [0.4, 0.5) is 0 Å². The molecule has 0 aliphatic heterocycles. The first-order valence-electron chi connectivity index (χ1n) is 9.57. The predicted octanol–water partition coefficient (Wildman–Crippen LogP) is 4.60. The summed E-state index contributed by atoms with van der Waals surface area (Å²) in [5.41, 5.74) is 3.98. The van der Waals surface area contributed by atoms with Gasteiger partial charge in [0, 0.05) is 41.9 Å². The Bertz CT molecular complexity index is 1110. The molecule has 4 aromatic rings. The van der Waals surface area contributed by atoms with Crippen molar-refractivity contribution >= 4 is 32.9 Å². The summed E-state index contributed by atoms with van der Waals surface area (Å²) in [6.45, 7) is 1.37. The number of pyridine rings is 1. The second kappa shape index (κ2) is 9.01. The van der Waals surface area contributed by atoms with Crippen LogP contribution in [0, 0.1) is 0 Å². The number of fused-ring (bicyclic) bond motifs is 1. The maximum absolute atomic E-state index is 12.2. The summed E-state index contributed by atoms with van der Waals surface area (Å²) in [4.78, 5) is 20.9. The predicted molar refractivity (Wildman–Crippen MR) is 118 cm³/mol. The Labute approximate surface area is 177 Å². The van der Waals surface area contributed by atoms with Gasteiger partial charge < -0.3 is 9.88 Å². The van der Waals surface area contributed by atoms with Crippen LogP contribution in [0.25, 0.3) is 11.0 Å². The van der Waals surface area contributed by atoms with Gasteiger partial charge in [0.2, 0.25) is 0 Å². The number of aromatic nitrogens is 3. The topological polar surface area (TPSA) is 59.8 Å². The lowest BCUT2D eigenvalue weighted by atomic mass is 10.2. The van der Waals surface area contributed by atoms with E-state index in [4.69, 9.17) is 4.98 Å². The van der Waals surface area contributed by atoms with Crippen molar-refractivity contribution in [3.63, 3.8) is 0 Å². The van der Waals surface area contributed by atoms with Crippen molar-refractivity contribution in [2.75, 3.05) is 6.54 Å². The van der Waals surface area contributed by atoms with Gasteiger partial charge in [0.05, 0.1) is 11.0 Å². The fourth-order valence-electron chi connectivity index (χ4n) is 3.32. The molecule has 0 atom stereocenters. The molecule has 0 aliphatic carbocycles. The average Bonchev–Trinajstić information content (AvgIpc) is 3.10. The van der Waals surface area contributed by atoms with Gasteiger partial charge in [-0.25, -0.2) is 4.98 Å². The number of benzene rings is 2. The van der Waals surface area contributed by atoms with Crippen LogP contribution in [-0.4, -0.2) is 27.0 Å². The number of carbonyl (C=O) groups excluding carboxylic acids is 1. The molecular formula is C23H21BrN4O. The number of carbonyl (C=O) groups is 1. The molecule has 0 aliphatic rings. The van der Waals surface area contributed by atoms with E-state index in [1.807, 2.05) is 18.2 Å². The Morgan fingerprint density at radius 2 is 1.76 bits per heavy atom. The van der Waals surface area contributed by atoms with Crippen LogP contribution in [-0.2, 0) is 13.0 Å². The van der Waals surface area contributed by atoms with Gasteiger partial charge in [-0.2, -0.15) is 0 Å². The fourth-order valence-corrected chi connectivity index (χ4v) is 3.58. The normalized spacial score (nSPS) is 10.9. The summed E-state index contributed by atoms with van der Waals surface area (Å²) in [7, 11) is 0. The zero-order valence-corrected chi connectivity index (χ0v) is 17.5. The summed E-state index contributed by atoms with van der Waals surface area (Å²) in [5.74, 6) is 0.961. The molecule has 2 aromatic carbocycles. The number of aryl methyl sites for hydroxylation is 1. The molecule has 0 saturated carbocycles. The summed E-state index contributed by atoms with van der Waals surface area (Å²) >= 11 is 3.49. The number of nitrogens with zero attached hydrogens (tertiary/aromatic N) is 3. The van der Waals surface area contributed by atoms with Gasteiger partial charge in [-0.15, -0.1) is 0 Å². The minimum atomic E-state index is -0.0734.